The molecule has 0 aliphatic rings. The summed E-state index contributed by atoms with van der Waals surface area (Å²) in [5, 5.41) is 2.93. The van der Waals surface area contributed by atoms with Gasteiger partial charge in [-0.2, -0.15) is 0 Å². The van der Waals surface area contributed by atoms with Gasteiger partial charge in [0.1, 0.15) is 18.3 Å². The number of anilines is 1. The molecule has 0 spiro atoms. The smallest absolute Gasteiger partial charge is 0.264 e. The molecule has 39 heavy (non-hydrogen) atoms. The van der Waals surface area contributed by atoms with Gasteiger partial charge in [0, 0.05) is 18.2 Å². The standard InChI is InChI=1S/C30H37N3O5S/c1-22-13-10-11-14-24(22)20-32(23(2)29(35)31-30(3,4)5)28(34)21-33(25-15-12-16-26(19-25)38-6)39(36,37)27-17-8-7-9-18-27/h7-19,23H,20-21H2,1-6H3,(H,31,35)/t23-/m1/s1. The molecule has 0 unspecified atom stereocenters. The van der Waals surface area contributed by atoms with Crippen LogP contribution in [0.1, 0.15) is 38.8 Å². The number of nitrogens with one attached hydrogen (secondary N) is 1. The zero-order valence-corrected chi connectivity index (χ0v) is 24.2. The number of carbonyl (C=O) groups is 2. The van der Waals surface area contributed by atoms with Crippen molar-refractivity contribution in [3.63, 3.8) is 0 Å². The summed E-state index contributed by atoms with van der Waals surface area (Å²) in [4.78, 5) is 28.7. The Bertz CT molecular complexity index is 1400. The van der Waals surface area contributed by atoms with E-state index in [-0.39, 0.29) is 23.0 Å². The van der Waals surface area contributed by atoms with Gasteiger partial charge in [-0.05, 0) is 70.0 Å². The largest absolute Gasteiger partial charge is 0.497 e. The van der Waals surface area contributed by atoms with Crippen molar-refractivity contribution in [2.24, 2.45) is 0 Å². The number of methoxy groups -OCH3 is 1. The zero-order chi connectivity index (χ0) is 28.8. The molecule has 0 fully saturated rings. The van der Waals surface area contributed by atoms with Crippen molar-refractivity contribution in [1.82, 2.24) is 10.2 Å². The molecular formula is C30H37N3O5S. The van der Waals surface area contributed by atoms with Crippen molar-refractivity contribution < 1.29 is 22.7 Å². The molecule has 3 aromatic carbocycles. The first-order valence-electron chi connectivity index (χ1n) is 12.7. The van der Waals surface area contributed by atoms with E-state index in [2.05, 4.69) is 5.32 Å². The third-order valence-electron chi connectivity index (χ3n) is 6.22. The van der Waals surface area contributed by atoms with Gasteiger partial charge >= 0.3 is 0 Å². The van der Waals surface area contributed by atoms with Crippen LogP contribution in [0.3, 0.4) is 0 Å². The van der Waals surface area contributed by atoms with Crippen LogP contribution in [0.2, 0.25) is 0 Å². The Morgan fingerprint density at radius 3 is 2.21 bits per heavy atom. The number of amides is 2. The molecule has 0 radical (unpaired) electrons. The van der Waals surface area contributed by atoms with Gasteiger partial charge in [0.15, 0.2) is 0 Å². The third kappa shape index (κ3) is 7.60. The van der Waals surface area contributed by atoms with Crippen LogP contribution in [-0.2, 0) is 26.2 Å². The number of carbonyl (C=O) groups excluding carboxylic acids is 2. The molecule has 208 valence electrons. The lowest BCUT2D eigenvalue weighted by Gasteiger charge is -2.33. The number of ether oxygens (including phenoxy) is 1. The monoisotopic (exact) mass is 551 g/mol. The van der Waals surface area contributed by atoms with Crippen molar-refractivity contribution in [2.45, 2.75) is 57.6 Å². The van der Waals surface area contributed by atoms with E-state index < -0.39 is 34.1 Å². The van der Waals surface area contributed by atoms with E-state index in [0.29, 0.717) is 5.75 Å². The highest BCUT2D eigenvalue weighted by molar-refractivity contribution is 7.92. The van der Waals surface area contributed by atoms with E-state index >= 15 is 0 Å². The maximum Gasteiger partial charge on any atom is 0.264 e. The highest BCUT2D eigenvalue weighted by atomic mass is 32.2. The highest BCUT2D eigenvalue weighted by Crippen LogP contribution is 2.27. The molecule has 3 aromatic rings. The lowest BCUT2D eigenvalue weighted by atomic mass is 10.1. The number of hydrogen-bond acceptors (Lipinski definition) is 5. The summed E-state index contributed by atoms with van der Waals surface area (Å²) < 4.78 is 34.0. The molecule has 2 amide bonds. The quantitative estimate of drug-likeness (QED) is 0.399. The molecule has 3 rings (SSSR count). The average molecular weight is 552 g/mol. The summed E-state index contributed by atoms with van der Waals surface area (Å²) in [5.41, 5.74) is 1.58. The van der Waals surface area contributed by atoms with Crippen molar-refractivity contribution in [2.75, 3.05) is 18.0 Å². The van der Waals surface area contributed by atoms with Gasteiger partial charge in [-0.15, -0.1) is 0 Å². The maximum atomic E-state index is 14.0. The topological polar surface area (TPSA) is 96.0 Å². The summed E-state index contributed by atoms with van der Waals surface area (Å²) in [5.74, 6) is -0.400. The van der Waals surface area contributed by atoms with Crippen molar-refractivity contribution in [3.05, 3.63) is 90.0 Å². The van der Waals surface area contributed by atoms with E-state index in [1.54, 1.807) is 49.4 Å². The van der Waals surface area contributed by atoms with Crippen molar-refractivity contribution in [1.29, 1.82) is 0 Å². The number of benzene rings is 3. The molecule has 0 aromatic heterocycles. The number of hydrogen-bond donors (Lipinski definition) is 1. The lowest BCUT2D eigenvalue weighted by molar-refractivity contribution is -0.140. The first kappa shape index (κ1) is 29.7. The van der Waals surface area contributed by atoms with Crippen LogP contribution >= 0.6 is 0 Å². The molecule has 0 bridgehead atoms. The average Bonchev–Trinajstić information content (AvgIpc) is 2.90. The molecule has 0 saturated heterocycles. The zero-order valence-electron chi connectivity index (χ0n) is 23.3. The molecule has 0 aliphatic carbocycles. The van der Waals surface area contributed by atoms with E-state index in [9.17, 15) is 18.0 Å². The van der Waals surface area contributed by atoms with Gasteiger partial charge in [0.05, 0.1) is 17.7 Å². The van der Waals surface area contributed by atoms with E-state index in [0.717, 1.165) is 15.4 Å². The van der Waals surface area contributed by atoms with Crippen LogP contribution in [0.5, 0.6) is 5.75 Å². The Morgan fingerprint density at radius 2 is 1.59 bits per heavy atom. The van der Waals surface area contributed by atoms with Crippen LogP contribution in [-0.4, -0.2) is 50.4 Å². The Balaban J connectivity index is 2.06. The van der Waals surface area contributed by atoms with Gasteiger partial charge in [0.2, 0.25) is 11.8 Å². The van der Waals surface area contributed by atoms with Crippen molar-refractivity contribution in [3.8, 4) is 5.75 Å². The molecule has 8 nitrogen and oxygen atoms in total. The normalized spacial score (nSPS) is 12.4. The Morgan fingerprint density at radius 1 is 0.949 bits per heavy atom. The molecule has 1 N–H and O–H groups in total. The Hall–Kier alpha value is -3.85. The first-order chi connectivity index (χ1) is 18.3. The Labute approximate surface area is 231 Å². The summed E-state index contributed by atoms with van der Waals surface area (Å²) in [6.45, 7) is 8.80. The summed E-state index contributed by atoms with van der Waals surface area (Å²) in [7, 11) is -2.65. The van der Waals surface area contributed by atoms with E-state index in [4.69, 9.17) is 4.74 Å². The minimum atomic E-state index is -4.13. The number of nitrogens with zero attached hydrogens (tertiary/aromatic N) is 2. The van der Waals surface area contributed by atoms with Crippen LogP contribution in [0.15, 0.2) is 83.8 Å². The van der Waals surface area contributed by atoms with Gasteiger partial charge in [-0.3, -0.25) is 13.9 Å². The van der Waals surface area contributed by atoms with Gasteiger partial charge in [-0.1, -0.05) is 48.5 Å². The minimum absolute atomic E-state index is 0.0459. The lowest BCUT2D eigenvalue weighted by Crippen LogP contribution is -2.54. The molecule has 0 heterocycles. The first-order valence-corrected chi connectivity index (χ1v) is 14.2. The van der Waals surface area contributed by atoms with Gasteiger partial charge in [0.25, 0.3) is 10.0 Å². The highest BCUT2D eigenvalue weighted by Gasteiger charge is 2.33. The number of aryl methyl sites for hydroxylation is 1. The molecule has 0 aliphatic heterocycles. The summed E-state index contributed by atoms with van der Waals surface area (Å²) >= 11 is 0. The fraction of sp³-hybridized carbons (Fsp3) is 0.333. The number of rotatable bonds is 10. The fourth-order valence-corrected chi connectivity index (χ4v) is 5.47. The number of sulfonamides is 1. The Kier molecular flexibility index (Phi) is 9.40. The van der Waals surface area contributed by atoms with E-state index in [1.165, 1.54) is 24.1 Å². The molecule has 9 heteroatoms. The predicted octanol–water partition coefficient (Wildman–Crippen LogP) is 4.53. The van der Waals surface area contributed by atoms with Crippen LogP contribution in [0.4, 0.5) is 5.69 Å². The van der Waals surface area contributed by atoms with Gasteiger partial charge in [-0.25, -0.2) is 8.42 Å². The maximum absolute atomic E-state index is 14.0. The SMILES string of the molecule is COc1cccc(N(CC(=O)N(Cc2ccccc2C)[C@H](C)C(=O)NC(C)(C)C)S(=O)(=O)c2ccccc2)c1. The van der Waals surface area contributed by atoms with Crippen LogP contribution in [0.25, 0.3) is 0 Å². The van der Waals surface area contributed by atoms with E-state index in [1.807, 2.05) is 52.0 Å². The van der Waals surface area contributed by atoms with Crippen LogP contribution in [0, 0.1) is 6.92 Å². The second-order valence-electron chi connectivity index (χ2n) is 10.4. The summed E-state index contributed by atoms with van der Waals surface area (Å²) in [6.07, 6.45) is 0. The predicted molar refractivity (Wildman–Crippen MR) is 153 cm³/mol. The third-order valence-corrected chi connectivity index (χ3v) is 8.01. The second-order valence-corrected chi connectivity index (χ2v) is 12.3. The van der Waals surface area contributed by atoms with Crippen LogP contribution < -0.4 is 14.4 Å². The molecular weight excluding hydrogens is 514 g/mol. The minimum Gasteiger partial charge on any atom is -0.497 e. The molecule has 1 atom stereocenters. The molecule has 0 saturated carbocycles. The second kappa shape index (κ2) is 12.3. The summed E-state index contributed by atoms with van der Waals surface area (Å²) in [6, 6.07) is 21.2. The van der Waals surface area contributed by atoms with Crippen molar-refractivity contribution >= 4 is 27.5 Å². The van der Waals surface area contributed by atoms with Gasteiger partial charge < -0.3 is 15.0 Å². The fourth-order valence-electron chi connectivity index (χ4n) is 4.04.